The number of alkyl halides is 3. The quantitative estimate of drug-likeness (QED) is 0.533. The number of hydrogen-bond donors (Lipinski definition) is 2. The van der Waals surface area contributed by atoms with Crippen molar-refractivity contribution >= 4 is 11.4 Å². The Morgan fingerprint density at radius 3 is 2.41 bits per heavy atom. The molecule has 196 valence electrons. The van der Waals surface area contributed by atoms with E-state index in [1.807, 2.05) is 6.92 Å². The third-order valence-corrected chi connectivity index (χ3v) is 6.76. The van der Waals surface area contributed by atoms with Gasteiger partial charge in [-0.1, -0.05) is 0 Å². The summed E-state index contributed by atoms with van der Waals surface area (Å²) in [4.78, 5) is 15.4. The number of aliphatic hydroxyl groups is 1. The SMILES string of the molecule is COc1cc(OC)cc(-c2nn(-c3cc(N4CC[C@H](O)C4)ccc3C(F)(F)F)c(=O)c3c2CC(C)N3)c1. The van der Waals surface area contributed by atoms with E-state index in [9.17, 15) is 23.1 Å². The van der Waals surface area contributed by atoms with Crippen LogP contribution in [0.15, 0.2) is 41.2 Å². The van der Waals surface area contributed by atoms with Gasteiger partial charge in [0.25, 0.3) is 5.56 Å². The molecular weight excluding hydrogens is 489 g/mol. The van der Waals surface area contributed by atoms with Gasteiger partial charge < -0.3 is 24.8 Å². The number of hydrogen-bond acceptors (Lipinski definition) is 7. The summed E-state index contributed by atoms with van der Waals surface area (Å²) in [5.41, 5.74) is 0.193. The highest BCUT2D eigenvalue weighted by Gasteiger charge is 2.37. The zero-order chi connectivity index (χ0) is 26.5. The molecule has 0 radical (unpaired) electrons. The van der Waals surface area contributed by atoms with E-state index in [4.69, 9.17) is 9.47 Å². The van der Waals surface area contributed by atoms with Crippen LogP contribution in [0.4, 0.5) is 24.5 Å². The second-order valence-electron chi connectivity index (χ2n) is 9.36. The minimum absolute atomic E-state index is 0.105. The maximum absolute atomic E-state index is 14.1. The monoisotopic (exact) mass is 516 g/mol. The highest BCUT2D eigenvalue weighted by Crippen LogP contribution is 2.39. The van der Waals surface area contributed by atoms with Crippen LogP contribution in [0, 0.1) is 0 Å². The summed E-state index contributed by atoms with van der Waals surface area (Å²) in [5, 5.41) is 17.6. The summed E-state index contributed by atoms with van der Waals surface area (Å²) in [7, 11) is 2.99. The van der Waals surface area contributed by atoms with Gasteiger partial charge in [-0.3, -0.25) is 4.79 Å². The van der Waals surface area contributed by atoms with Gasteiger partial charge in [-0.05, 0) is 50.1 Å². The first-order valence-electron chi connectivity index (χ1n) is 11.9. The standard InChI is InChI=1S/C26H27F3N4O4/c1-14-8-20-23(15-9-18(36-2)12-19(10-15)37-3)31-33(25(35)24(20)30-14)22-11-16(32-7-6-17(34)13-32)4-5-21(22)26(27,28)29/h4-5,9-12,14,17,30,34H,6-8,13H2,1-3H3/t14?,17-/m0/s1. The average Bonchev–Trinajstić information content (AvgIpc) is 3.48. The van der Waals surface area contributed by atoms with Gasteiger partial charge in [0.15, 0.2) is 0 Å². The fraction of sp³-hybridized carbons (Fsp3) is 0.385. The van der Waals surface area contributed by atoms with Gasteiger partial charge in [-0.25, -0.2) is 0 Å². The first-order valence-corrected chi connectivity index (χ1v) is 11.9. The second kappa shape index (κ2) is 9.29. The molecule has 0 bridgehead atoms. The third kappa shape index (κ3) is 4.59. The number of β-amino-alcohol motifs (C(OH)–C–C–N with tert-alkyl or cyclic N) is 1. The van der Waals surface area contributed by atoms with Crippen molar-refractivity contribution in [2.75, 3.05) is 37.5 Å². The number of benzene rings is 2. The Morgan fingerprint density at radius 2 is 1.81 bits per heavy atom. The van der Waals surface area contributed by atoms with Gasteiger partial charge in [0.1, 0.15) is 17.2 Å². The topological polar surface area (TPSA) is 88.8 Å². The van der Waals surface area contributed by atoms with Crippen molar-refractivity contribution in [1.29, 1.82) is 0 Å². The molecule has 2 aromatic carbocycles. The molecule has 5 rings (SSSR count). The van der Waals surface area contributed by atoms with Gasteiger partial charge >= 0.3 is 6.18 Å². The lowest BCUT2D eigenvalue weighted by Gasteiger charge is -2.22. The number of nitrogens with one attached hydrogen (secondary N) is 1. The molecular formula is C26H27F3N4O4. The Hall–Kier alpha value is -3.73. The van der Waals surface area contributed by atoms with Crippen molar-refractivity contribution in [1.82, 2.24) is 9.78 Å². The van der Waals surface area contributed by atoms with Crippen molar-refractivity contribution in [2.24, 2.45) is 0 Å². The number of fused-ring (bicyclic) bond motifs is 1. The molecule has 3 heterocycles. The highest BCUT2D eigenvalue weighted by atomic mass is 19.4. The number of anilines is 2. The first-order chi connectivity index (χ1) is 17.6. The van der Waals surface area contributed by atoms with Crippen molar-refractivity contribution in [3.63, 3.8) is 0 Å². The largest absolute Gasteiger partial charge is 0.497 e. The summed E-state index contributed by atoms with van der Waals surface area (Å²) in [6.07, 6.45) is -4.30. The average molecular weight is 517 g/mol. The zero-order valence-corrected chi connectivity index (χ0v) is 20.6. The van der Waals surface area contributed by atoms with Gasteiger partial charge in [0, 0.05) is 42.0 Å². The van der Waals surface area contributed by atoms with E-state index in [0.29, 0.717) is 59.9 Å². The number of aromatic nitrogens is 2. The molecule has 8 nitrogen and oxygen atoms in total. The molecule has 2 aliphatic rings. The summed E-state index contributed by atoms with van der Waals surface area (Å²) in [6, 6.07) is 8.61. The molecule has 1 unspecified atom stereocenters. The lowest BCUT2D eigenvalue weighted by molar-refractivity contribution is -0.137. The predicted octanol–water partition coefficient (Wildman–Crippen LogP) is 3.86. The van der Waals surface area contributed by atoms with Crippen LogP contribution < -0.4 is 25.2 Å². The maximum Gasteiger partial charge on any atom is 0.418 e. The van der Waals surface area contributed by atoms with Crippen LogP contribution in [0.3, 0.4) is 0 Å². The molecule has 1 saturated heterocycles. The van der Waals surface area contributed by atoms with E-state index in [1.54, 1.807) is 23.1 Å². The number of nitrogens with zero attached hydrogens (tertiary/aromatic N) is 3. The van der Waals surface area contributed by atoms with E-state index in [0.717, 1.165) is 10.7 Å². The molecule has 2 aliphatic heterocycles. The van der Waals surface area contributed by atoms with Crippen LogP contribution in [0.2, 0.25) is 0 Å². The normalized spacial score (nSPS) is 19.1. The van der Waals surface area contributed by atoms with Crippen LogP contribution in [0.1, 0.15) is 24.5 Å². The zero-order valence-electron chi connectivity index (χ0n) is 20.6. The summed E-state index contributed by atoms with van der Waals surface area (Å²) in [5.74, 6) is 0.958. The number of aliphatic hydroxyl groups excluding tert-OH is 1. The second-order valence-corrected chi connectivity index (χ2v) is 9.36. The molecule has 0 saturated carbocycles. The van der Waals surface area contributed by atoms with Crippen molar-refractivity contribution in [3.8, 4) is 28.4 Å². The van der Waals surface area contributed by atoms with E-state index in [1.165, 1.54) is 26.4 Å². The molecule has 11 heteroatoms. The van der Waals surface area contributed by atoms with Crippen molar-refractivity contribution in [3.05, 3.63) is 57.9 Å². The number of ether oxygens (including phenoxy) is 2. The first kappa shape index (κ1) is 24.9. The Bertz CT molecular complexity index is 1380. The molecule has 2 N–H and O–H groups in total. The molecule has 0 spiro atoms. The van der Waals surface area contributed by atoms with E-state index in [2.05, 4.69) is 10.4 Å². The summed E-state index contributed by atoms with van der Waals surface area (Å²) < 4.78 is 54.0. The fourth-order valence-electron chi connectivity index (χ4n) is 4.96. The van der Waals surface area contributed by atoms with E-state index in [-0.39, 0.29) is 17.4 Å². The Kier molecular flexibility index (Phi) is 6.26. The Labute approximate surface area is 211 Å². The molecule has 37 heavy (non-hydrogen) atoms. The van der Waals surface area contributed by atoms with Crippen LogP contribution >= 0.6 is 0 Å². The molecule has 3 aromatic rings. The van der Waals surface area contributed by atoms with Crippen molar-refractivity contribution < 1.29 is 27.8 Å². The van der Waals surface area contributed by atoms with Gasteiger partial charge in [-0.2, -0.15) is 23.0 Å². The summed E-state index contributed by atoms with van der Waals surface area (Å²) >= 11 is 0. The molecule has 1 fully saturated rings. The van der Waals surface area contributed by atoms with Crippen LogP contribution in [0.5, 0.6) is 11.5 Å². The number of rotatable bonds is 5. The molecule has 0 amide bonds. The molecule has 1 aromatic heterocycles. The lowest BCUT2D eigenvalue weighted by Crippen LogP contribution is -2.28. The van der Waals surface area contributed by atoms with Crippen LogP contribution in [-0.4, -0.2) is 54.3 Å². The highest BCUT2D eigenvalue weighted by molar-refractivity contribution is 5.74. The lowest BCUT2D eigenvalue weighted by atomic mass is 10.0. The predicted molar refractivity (Wildman–Crippen MR) is 133 cm³/mol. The van der Waals surface area contributed by atoms with Gasteiger partial charge in [0.2, 0.25) is 0 Å². The minimum atomic E-state index is -4.72. The van der Waals surface area contributed by atoms with Crippen LogP contribution in [-0.2, 0) is 12.6 Å². The van der Waals surface area contributed by atoms with E-state index >= 15 is 0 Å². The third-order valence-electron chi connectivity index (χ3n) is 6.76. The molecule has 0 aliphatic carbocycles. The summed E-state index contributed by atoms with van der Waals surface area (Å²) in [6.45, 7) is 2.68. The minimum Gasteiger partial charge on any atom is -0.497 e. The Balaban J connectivity index is 1.77. The smallest absolute Gasteiger partial charge is 0.418 e. The van der Waals surface area contributed by atoms with Crippen LogP contribution in [0.25, 0.3) is 16.9 Å². The van der Waals surface area contributed by atoms with Gasteiger partial charge in [0.05, 0.1) is 37.3 Å². The van der Waals surface area contributed by atoms with Gasteiger partial charge in [-0.15, -0.1) is 0 Å². The Morgan fingerprint density at radius 1 is 1.11 bits per heavy atom. The van der Waals surface area contributed by atoms with E-state index < -0.39 is 23.4 Å². The number of halogens is 3. The van der Waals surface area contributed by atoms with Crippen molar-refractivity contribution in [2.45, 2.75) is 38.1 Å². The fourth-order valence-corrected chi connectivity index (χ4v) is 4.96. The molecule has 2 atom stereocenters. The maximum atomic E-state index is 14.1. The number of methoxy groups -OCH3 is 2.